The van der Waals surface area contributed by atoms with E-state index in [4.69, 9.17) is 4.74 Å². The zero-order valence-electron chi connectivity index (χ0n) is 11.5. The second-order valence-corrected chi connectivity index (χ2v) is 5.97. The van der Waals surface area contributed by atoms with Crippen molar-refractivity contribution in [2.45, 2.75) is 19.4 Å². The number of ether oxygens (including phenoxy) is 1. The van der Waals surface area contributed by atoms with E-state index < -0.39 is 0 Å². The van der Waals surface area contributed by atoms with Crippen molar-refractivity contribution in [3.63, 3.8) is 0 Å². The van der Waals surface area contributed by atoms with Gasteiger partial charge in [-0.05, 0) is 13.3 Å². The predicted octanol–water partition coefficient (Wildman–Crippen LogP) is 1.94. The number of aromatic nitrogens is 3. The molecule has 1 aliphatic heterocycles. The first-order valence-corrected chi connectivity index (χ1v) is 7.37. The minimum absolute atomic E-state index is 0.339. The van der Waals surface area contributed by atoms with Gasteiger partial charge in [0.2, 0.25) is 11.8 Å². The number of hydrogen-bond donors (Lipinski definition) is 1. The van der Waals surface area contributed by atoms with E-state index >= 15 is 0 Å². The standard InChI is InChI=1S/C13H17N5OS/c1-9-7-15-13(20-9)18-6-4-10(8-18)16-12-14-5-3-11(17-12)19-2/h3,5,7,10H,4,6,8H2,1-2H3,(H,14,16,17). The first-order valence-electron chi connectivity index (χ1n) is 6.55. The van der Waals surface area contributed by atoms with Crippen LogP contribution in [0.4, 0.5) is 11.1 Å². The van der Waals surface area contributed by atoms with Crippen LogP contribution in [0.3, 0.4) is 0 Å². The van der Waals surface area contributed by atoms with E-state index in [0.29, 0.717) is 17.9 Å². The lowest BCUT2D eigenvalue weighted by atomic mass is 10.3. The third kappa shape index (κ3) is 2.82. The van der Waals surface area contributed by atoms with Gasteiger partial charge >= 0.3 is 0 Å². The molecule has 1 fully saturated rings. The van der Waals surface area contributed by atoms with Crippen molar-refractivity contribution in [1.82, 2.24) is 15.0 Å². The first-order chi connectivity index (χ1) is 9.74. The summed E-state index contributed by atoms with van der Waals surface area (Å²) in [5.41, 5.74) is 0. The van der Waals surface area contributed by atoms with Crippen LogP contribution in [0.15, 0.2) is 18.5 Å². The Balaban J connectivity index is 1.62. The molecule has 1 saturated heterocycles. The molecule has 2 aromatic rings. The predicted molar refractivity (Wildman–Crippen MR) is 79.7 cm³/mol. The molecule has 0 aliphatic carbocycles. The Kier molecular flexibility index (Phi) is 3.68. The molecule has 0 spiro atoms. The Morgan fingerprint density at radius 2 is 2.35 bits per heavy atom. The topological polar surface area (TPSA) is 63.2 Å². The van der Waals surface area contributed by atoms with Gasteiger partial charge in [-0.2, -0.15) is 4.98 Å². The van der Waals surface area contributed by atoms with Gasteiger partial charge in [-0.25, -0.2) is 9.97 Å². The van der Waals surface area contributed by atoms with Crippen molar-refractivity contribution in [1.29, 1.82) is 0 Å². The third-order valence-electron chi connectivity index (χ3n) is 3.24. The minimum Gasteiger partial charge on any atom is -0.481 e. The van der Waals surface area contributed by atoms with E-state index in [1.165, 1.54) is 4.88 Å². The number of thiazole rings is 1. The monoisotopic (exact) mass is 291 g/mol. The van der Waals surface area contributed by atoms with Gasteiger partial charge in [-0.15, -0.1) is 11.3 Å². The molecule has 2 aromatic heterocycles. The van der Waals surface area contributed by atoms with Crippen molar-refractivity contribution in [2.75, 3.05) is 30.4 Å². The van der Waals surface area contributed by atoms with Crippen LogP contribution in [0, 0.1) is 6.92 Å². The molecule has 0 bridgehead atoms. The largest absolute Gasteiger partial charge is 0.481 e. The molecule has 7 heteroatoms. The fraction of sp³-hybridized carbons (Fsp3) is 0.462. The van der Waals surface area contributed by atoms with Gasteiger partial charge in [0.25, 0.3) is 0 Å². The lowest BCUT2D eigenvalue weighted by molar-refractivity contribution is 0.397. The van der Waals surface area contributed by atoms with Crippen molar-refractivity contribution in [3.8, 4) is 5.88 Å². The molecule has 3 rings (SSSR count). The second kappa shape index (κ2) is 5.62. The van der Waals surface area contributed by atoms with Crippen LogP contribution in [0.2, 0.25) is 0 Å². The average molecular weight is 291 g/mol. The molecule has 20 heavy (non-hydrogen) atoms. The summed E-state index contributed by atoms with van der Waals surface area (Å²) >= 11 is 1.74. The molecule has 0 amide bonds. The smallest absolute Gasteiger partial charge is 0.226 e. The molecule has 0 radical (unpaired) electrons. The van der Waals surface area contributed by atoms with E-state index in [-0.39, 0.29) is 0 Å². The maximum Gasteiger partial charge on any atom is 0.226 e. The van der Waals surface area contributed by atoms with Gasteiger partial charge in [0.1, 0.15) is 0 Å². The number of hydrogen-bond acceptors (Lipinski definition) is 7. The van der Waals surface area contributed by atoms with Crippen LogP contribution in [0.1, 0.15) is 11.3 Å². The number of nitrogens with one attached hydrogen (secondary N) is 1. The Hall–Kier alpha value is -1.89. The molecule has 3 heterocycles. The van der Waals surface area contributed by atoms with E-state index in [2.05, 4.69) is 32.1 Å². The number of rotatable bonds is 4. The van der Waals surface area contributed by atoms with Gasteiger partial charge in [0, 0.05) is 42.5 Å². The zero-order valence-corrected chi connectivity index (χ0v) is 12.4. The molecule has 106 valence electrons. The van der Waals surface area contributed by atoms with Gasteiger partial charge < -0.3 is 15.0 Å². The third-order valence-corrected chi connectivity index (χ3v) is 4.21. The number of aryl methyl sites for hydroxylation is 1. The van der Waals surface area contributed by atoms with Crippen LogP contribution in [-0.2, 0) is 0 Å². The molecule has 1 N–H and O–H groups in total. The highest BCUT2D eigenvalue weighted by Gasteiger charge is 2.24. The maximum atomic E-state index is 5.10. The molecule has 0 saturated carbocycles. The summed E-state index contributed by atoms with van der Waals surface area (Å²) in [5.74, 6) is 1.19. The van der Waals surface area contributed by atoms with Crippen molar-refractivity contribution in [3.05, 3.63) is 23.3 Å². The van der Waals surface area contributed by atoms with Gasteiger partial charge in [0.15, 0.2) is 5.13 Å². The van der Waals surface area contributed by atoms with Crippen LogP contribution < -0.4 is 15.0 Å². The van der Waals surface area contributed by atoms with Crippen molar-refractivity contribution >= 4 is 22.4 Å². The number of methoxy groups -OCH3 is 1. The summed E-state index contributed by atoms with van der Waals surface area (Å²) in [6.07, 6.45) is 4.68. The van der Waals surface area contributed by atoms with Crippen LogP contribution in [-0.4, -0.2) is 41.2 Å². The van der Waals surface area contributed by atoms with Crippen LogP contribution >= 0.6 is 11.3 Å². The fourth-order valence-corrected chi connectivity index (χ4v) is 3.04. The number of nitrogens with zero attached hydrogens (tertiary/aromatic N) is 4. The SMILES string of the molecule is COc1ccnc(NC2CCN(c3ncc(C)s3)C2)n1. The van der Waals surface area contributed by atoms with Crippen LogP contribution in [0.5, 0.6) is 5.88 Å². The van der Waals surface area contributed by atoms with E-state index in [9.17, 15) is 0 Å². The number of anilines is 2. The summed E-state index contributed by atoms with van der Waals surface area (Å²) in [7, 11) is 1.61. The molecule has 1 aliphatic rings. The Labute approximate surface area is 121 Å². The Morgan fingerprint density at radius 1 is 1.45 bits per heavy atom. The quantitative estimate of drug-likeness (QED) is 0.929. The van der Waals surface area contributed by atoms with E-state index in [1.54, 1.807) is 30.7 Å². The normalized spacial score (nSPS) is 18.3. The van der Waals surface area contributed by atoms with Crippen molar-refractivity contribution in [2.24, 2.45) is 0 Å². The fourth-order valence-electron chi connectivity index (χ4n) is 2.25. The summed E-state index contributed by atoms with van der Waals surface area (Å²) < 4.78 is 5.10. The minimum atomic E-state index is 0.339. The van der Waals surface area contributed by atoms with Crippen LogP contribution in [0.25, 0.3) is 0 Å². The molecule has 0 aromatic carbocycles. The lowest BCUT2D eigenvalue weighted by Gasteiger charge is -2.15. The average Bonchev–Trinajstić information content (AvgIpc) is 3.08. The highest BCUT2D eigenvalue weighted by molar-refractivity contribution is 7.15. The Morgan fingerprint density at radius 3 is 3.10 bits per heavy atom. The molecule has 6 nitrogen and oxygen atoms in total. The van der Waals surface area contributed by atoms with E-state index in [1.807, 2.05) is 6.20 Å². The molecule has 1 atom stereocenters. The zero-order chi connectivity index (χ0) is 13.9. The molecular weight excluding hydrogens is 274 g/mol. The lowest BCUT2D eigenvalue weighted by Crippen LogP contribution is -2.26. The highest BCUT2D eigenvalue weighted by atomic mass is 32.1. The van der Waals surface area contributed by atoms with E-state index in [0.717, 1.165) is 24.6 Å². The Bertz CT molecular complexity index is 588. The van der Waals surface area contributed by atoms with Crippen molar-refractivity contribution < 1.29 is 4.74 Å². The van der Waals surface area contributed by atoms with Gasteiger partial charge in [0.05, 0.1) is 7.11 Å². The summed E-state index contributed by atoms with van der Waals surface area (Å²) in [6.45, 7) is 4.01. The first kappa shape index (κ1) is 13.1. The summed E-state index contributed by atoms with van der Waals surface area (Å²) in [6, 6.07) is 2.08. The molecular formula is C13H17N5OS. The second-order valence-electron chi connectivity index (χ2n) is 4.75. The maximum absolute atomic E-state index is 5.10. The molecule has 1 unspecified atom stereocenters. The summed E-state index contributed by atoms with van der Waals surface area (Å²) in [4.78, 5) is 16.5. The highest BCUT2D eigenvalue weighted by Crippen LogP contribution is 2.26. The van der Waals surface area contributed by atoms with Gasteiger partial charge in [-0.1, -0.05) is 0 Å². The summed E-state index contributed by atoms with van der Waals surface area (Å²) in [5, 5.41) is 4.45. The van der Waals surface area contributed by atoms with Gasteiger partial charge in [-0.3, -0.25) is 0 Å².